The van der Waals surface area contributed by atoms with Gasteiger partial charge in [0.2, 0.25) is 0 Å². The second-order valence-corrected chi connectivity index (χ2v) is 13.8. The van der Waals surface area contributed by atoms with Crippen LogP contribution in [0.2, 0.25) is 0 Å². The monoisotopic (exact) mass is 713 g/mol. The molecule has 0 spiro atoms. The molecule has 0 aliphatic heterocycles. The predicted molar refractivity (Wildman–Crippen MR) is 227 cm³/mol. The Labute approximate surface area is 323 Å². The molecule has 0 bridgehead atoms. The fraction of sp³-hybridized carbons (Fsp3) is 0. The second-order valence-electron chi connectivity index (χ2n) is 13.8. The molecule has 260 valence electrons. The van der Waals surface area contributed by atoms with Crippen LogP contribution in [0.3, 0.4) is 0 Å². The standard InChI is InChI=1S/C51H31N5/c52-32-33-20-22-35(23-21-33)44-30-47-43-19-10-28-53-48(43)45(31-46(47)42-18-8-7-17-41(42)44)40-16-9-15-39(29-40)34-24-26-38(27-25-34)51-55-49(36-11-3-1-4-12-36)54-50(56-51)37-13-5-2-6-14-37/h1-31H. The van der Waals surface area contributed by atoms with Gasteiger partial charge in [0.25, 0.3) is 0 Å². The summed E-state index contributed by atoms with van der Waals surface area (Å²) in [5.41, 5.74) is 11.0. The molecule has 5 heteroatoms. The van der Waals surface area contributed by atoms with Crippen molar-refractivity contribution in [3.05, 3.63) is 194 Å². The summed E-state index contributed by atoms with van der Waals surface area (Å²) in [5.74, 6) is 1.91. The average Bonchev–Trinajstić information content (AvgIpc) is 3.29. The van der Waals surface area contributed by atoms with Crippen LogP contribution in [0.5, 0.6) is 0 Å². The molecule has 0 radical (unpaired) electrons. The first-order valence-electron chi connectivity index (χ1n) is 18.5. The lowest BCUT2D eigenvalue weighted by Gasteiger charge is -2.16. The Kier molecular flexibility index (Phi) is 8.13. The fourth-order valence-corrected chi connectivity index (χ4v) is 7.63. The van der Waals surface area contributed by atoms with Gasteiger partial charge in [-0.2, -0.15) is 5.26 Å². The first-order valence-corrected chi connectivity index (χ1v) is 18.5. The molecular formula is C51H31N5. The summed E-state index contributed by atoms with van der Waals surface area (Å²) in [6, 6.07) is 64.6. The van der Waals surface area contributed by atoms with Crippen LogP contribution in [-0.2, 0) is 0 Å². The number of rotatable bonds is 6. The van der Waals surface area contributed by atoms with E-state index < -0.39 is 0 Å². The van der Waals surface area contributed by atoms with Gasteiger partial charge < -0.3 is 0 Å². The van der Waals surface area contributed by atoms with Crippen molar-refractivity contribution in [1.82, 2.24) is 19.9 Å². The van der Waals surface area contributed by atoms with E-state index in [2.05, 4.69) is 97.1 Å². The summed E-state index contributed by atoms with van der Waals surface area (Å²) in [7, 11) is 0. The van der Waals surface area contributed by atoms with E-state index in [9.17, 15) is 5.26 Å². The van der Waals surface area contributed by atoms with Gasteiger partial charge in [-0.15, -0.1) is 0 Å². The molecule has 2 aromatic heterocycles. The summed E-state index contributed by atoms with van der Waals surface area (Å²) in [6.07, 6.45) is 1.87. The molecule has 0 unspecified atom stereocenters. The Morgan fingerprint density at radius 3 is 1.50 bits per heavy atom. The van der Waals surface area contributed by atoms with E-state index in [1.54, 1.807) is 0 Å². The number of pyridine rings is 1. The molecule has 56 heavy (non-hydrogen) atoms. The van der Waals surface area contributed by atoms with E-state index >= 15 is 0 Å². The molecule has 0 saturated heterocycles. The van der Waals surface area contributed by atoms with E-state index in [1.807, 2.05) is 97.2 Å². The van der Waals surface area contributed by atoms with Gasteiger partial charge in [0.15, 0.2) is 17.5 Å². The van der Waals surface area contributed by atoms with E-state index in [0.29, 0.717) is 23.0 Å². The minimum absolute atomic E-state index is 0.626. The van der Waals surface area contributed by atoms with Gasteiger partial charge in [-0.05, 0) is 85.8 Å². The van der Waals surface area contributed by atoms with Crippen molar-refractivity contribution >= 4 is 32.4 Å². The number of hydrogen-bond donors (Lipinski definition) is 0. The number of nitriles is 1. The van der Waals surface area contributed by atoms with E-state index in [4.69, 9.17) is 19.9 Å². The molecule has 0 aliphatic rings. The van der Waals surface area contributed by atoms with Crippen molar-refractivity contribution in [3.8, 4) is 73.6 Å². The first kappa shape index (κ1) is 32.8. The SMILES string of the molecule is N#Cc1ccc(-c2cc3c4cccnc4c(-c4cccc(-c5ccc(-c6nc(-c7ccccc7)nc(-c7ccccc7)n6)cc5)c4)cc3c3ccccc23)cc1. The first-order chi connectivity index (χ1) is 27.7. The largest absolute Gasteiger partial charge is 0.256 e. The maximum atomic E-state index is 9.41. The van der Waals surface area contributed by atoms with Gasteiger partial charge in [-0.1, -0.05) is 146 Å². The van der Waals surface area contributed by atoms with Crippen molar-refractivity contribution in [2.24, 2.45) is 0 Å². The third-order valence-electron chi connectivity index (χ3n) is 10.4. The Bertz CT molecular complexity index is 3060. The zero-order chi connectivity index (χ0) is 37.4. The van der Waals surface area contributed by atoms with Crippen LogP contribution in [0.4, 0.5) is 0 Å². The lowest BCUT2D eigenvalue weighted by Crippen LogP contribution is -2.00. The normalized spacial score (nSPS) is 11.2. The van der Waals surface area contributed by atoms with Crippen LogP contribution in [0.25, 0.3) is 100.0 Å². The highest BCUT2D eigenvalue weighted by molar-refractivity contribution is 6.23. The smallest absolute Gasteiger partial charge is 0.164 e. The van der Waals surface area contributed by atoms with Crippen molar-refractivity contribution in [3.63, 3.8) is 0 Å². The molecule has 0 amide bonds. The molecule has 2 heterocycles. The fourth-order valence-electron chi connectivity index (χ4n) is 7.63. The van der Waals surface area contributed by atoms with E-state index in [0.717, 1.165) is 71.7 Å². The average molecular weight is 714 g/mol. The second kappa shape index (κ2) is 13.9. The molecule has 10 rings (SSSR count). The van der Waals surface area contributed by atoms with E-state index in [1.165, 1.54) is 10.8 Å². The number of fused-ring (bicyclic) bond motifs is 5. The van der Waals surface area contributed by atoms with Crippen LogP contribution < -0.4 is 0 Å². The number of nitrogens with zero attached hydrogens (tertiary/aromatic N) is 5. The molecule has 10 aromatic rings. The minimum atomic E-state index is 0.626. The molecule has 0 saturated carbocycles. The van der Waals surface area contributed by atoms with Gasteiger partial charge in [-0.25, -0.2) is 15.0 Å². The lowest BCUT2D eigenvalue weighted by atomic mass is 9.88. The highest BCUT2D eigenvalue weighted by atomic mass is 15.0. The topological polar surface area (TPSA) is 75.3 Å². The maximum absolute atomic E-state index is 9.41. The Balaban J connectivity index is 1.06. The molecule has 0 atom stereocenters. The third-order valence-corrected chi connectivity index (χ3v) is 10.4. The summed E-state index contributed by atoms with van der Waals surface area (Å²) >= 11 is 0. The van der Waals surface area contributed by atoms with Crippen molar-refractivity contribution in [2.45, 2.75) is 0 Å². The molecule has 0 N–H and O–H groups in total. The number of benzene rings is 8. The Morgan fingerprint density at radius 1 is 0.339 bits per heavy atom. The van der Waals surface area contributed by atoms with Crippen LogP contribution in [0.15, 0.2) is 188 Å². The zero-order valence-electron chi connectivity index (χ0n) is 30.1. The van der Waals surface area contributed by atoms with Crippen LogP contribution in [0, 0.1) is 11.3 Å². The number of aromatic nitrogens is 4. The minimum Gasteiger partial charge on any atom is -0.256 e. The van der Waals surface area contributed by atoms with Crippen molar-refractivity contribution < 1.29 is 0 Å². The lowest BCUT2D eigenvalue weighted by molar-refractivity contribution is 1.07. The van der Waals surface area contributed by atoms with E-state index in [-0.39, 0.29) is 0 Å². The van der Waals surface area contributed by atoms with Gasteiger partial charge in [-0.3, -0.25) is 4.98 Å². The van der Waals surface area contributed by atoms with Gasteiger partial charge in [0.1, 0.15) is 0 Å². The molecule has 0 aliphatic carbocycles. The number of hydrogen-bond acceptors (Lipinski definition) is 5. The summed E-state index contributed by atoms with van der Waals surface area (Å²) < 4.78 is 0. The highest BCUT2D eigenvalue weighted by Gasteiger charge is 2.17. The Morgan fingerprint density at radius 2 is 0.839 bits per heavy atom. The van der Waals surface area contributed by atoms with Crippen LogP contribution >= 0.6 is 0 Å². The Hall–Kier alpha value is -7.81. The summed E-state index contributed by atoms with van der Waals surface area (Å²) in [4.78, 5) is 19.6. The predicted octanol–water partition coefficient (Wildman–Crippen LogP) is 12.6. The molecular weight excluding hydrogens is 683 g/mol. The third kappa shape index (κ3) is 5.92. The van der Waals surface area contributed by atoms with Crippen LogP contribution in [-0.4, -0.2) is 19.9 Å². The van der Waals surface area contributed by atoms with Crippen molar-refractivity contribution in [2.75, 3.05) is 0 Å². The quantitative estimate of drug-likeness (QED) is 0.160. The van der Waals surface area contributed by atoms with Gasteiger partial charge >= 0.3 is 0 Å². The van der Waals surface area contributed by atoms with Crippen LogP contribution in [0.1, 0.15) is 5.56 Å². The summed E-state index contributed by atoms with van der Waals surface area (Å²) in [5, 5.41) is 15.2. The molecule has 8 aromatic carbocycles. The maximum Gasteiger partial charge on any atom is 0.164 e. The summed E-state index contributed by atoms with van der Waals surface area (Å²) in [6.45, 7) is 0. The van der Waals surface area contributed by atoms with Gasteiger partial charge in [0, 0.05) is 33.8 Å². The molecule has 5 nitrogen and oxygen atoms in total. The van der Waals surface area contributed by atoms with Crippen molar-refractivity contribution in [1.29, 1.82) is 5.26 Å². The van der Waals surface area contributed by atoms with Gasteiger partial charge in [0.05, 0.1) is 17.1 Å². The zero-order valence-corrected chi connectivity index (χ0v) is 30.1. The molecule has 0 fully saturated rings. The highest BCUT2D eigenvalue weighted by Crippen LogP contribution is 2.42.